The second-order valence-corrected chi connectivity index (χ2v) is 30.2. The Balaban J connectivity index is 0.000000167. The van der Waals surface area contributed by atoms with Crippen molar-refractivity contribution in [1.82, 2.24) is 18.3 Å². The van der Waals surface area contributed by atoms with Gasteiger partial charge in [0, 0.05) is 65.5 Å². The Morgan fingerprint density at radius 2 is 0.431 bits per heavy atom. The predicted molar refractivity (Wildman–Crippen MR) is 442 cm³/mol. The molecule has 0 unspecified atom stereocenters. The maximum atomic E-state index is 14.2. The lowest BCUT2D eigenvalue weighted by molar-refractivity contribution is -0.144. The molecule has 0 radical (unpaired) electrons. The maximum absolute atomic E-state index is 14.2. The molecule has 6 nitrogen and oxygen atoms in total. The van der Waals surface area contributed by atoms with Gasteiger partial charge in [-0.2, -0.15) is 52.7 Å². The average Bonchev–Trinajstić information content (AvgIpc) is 1.55. The van der Waals surface area contributed by atoms with E-state index in [1.54, 1.807) is 54.6 Å². The third kappa shape index (κ3) is 13.2. The molecule has 0 atom stereocenters. The molecule has 0 aliphatic rings. The summed E-state index contributed by atoms with van der Waals surface area (Å²) in [6.07, 6.45) is -20.1. The van der Waals surface area contributed by atoms with Crippen LogP contribution in [0.5, 0.6) is 0 Å². The number of alkyl halides is 12. The van der Waals surface area contributed by atoms with Crippen molar-refractivity contribution < 1.29 is 52.7 Å². The van der Waals surface area contributed by atoms with E-state index in [-0.39, 0.29) is 34.4 Å². The third-order valence-corrected chi connectivity index (χ3v) is 21.9. The number of nitrogens with zero attached hydrogens (tertiary/aromatic N) is 6. The smallest absolute Gasteiger partial charge is 0.310 e. The number of hydrogen-bond acceptors (Lipinski definition) is 0. The van der Waals surface area contributed by atoms with Crippen molar-refractivity contribution in [2.75, 3.05) is 0 Å². The largest absolute Gasteiger partial charge is 0.416 e. The molecule has 0 amide bonds. The van der Waals surface area contributed by atoms with E-state index in [0.29, 0.717) is 50.7 Å². The van der Waals surface area contributed by atoms with Crippen LogP contribution >= 0.6 is 0 Å². The first-order valence-corrected chi connectivity index (χ1v) is 37.2. The molecule has 14 aromatic carbocycles. The number of hydrogen-bond donors (Lipinski definition) is 0. The fraction of sp³-hybridized carbons (Fsp3) is 0.122. The van der Waals surface area contributed by atoms with Crippen LogP contribution in [0.2, 0.25) is 0 Å². The van der Waals surface area contributed by atoms with Gasteiger partial charge in [0.05, 0.1) is 96.6 Å². The van der Waals surface area contributed by atoms with Crippen molar-refractivity contribution in [3.63, 3.8) is 0 Å². The van der Waals surface area contributed by atoms with Gasteiger partial charge in [-0.15, -0.1) is 0 Å². The Labute approximate surface area is 657 Å². The standard InChI is InChI=1S/2C49H33F6N3/c1-27-6-12-36-37-13-7-28(2)19-44(37)57(43(36)18-27)42-17-11-35(56-5)26-41(42)40-16-10-31(32-22-33(48(50,51)52)25-34(23-32)49(53,54)55)24-47(40)58-45-20-29(3)8-14-38(45)39-15-9-30(4)21-46(39)58;1-27-6-12-36-37-13-7-28(2)19-43(37)57(42(36)18-27)46-24-31(32-22-33(48(50,51)52)25-34(23-32)49(53,54)55)10-16-40(46)41-17-11-35(56-5)26-47(41)58-44-20-29(3)8-14-38(44)39-15-9-30(4)21-45(39)58/h2*6-26H,1-4H3. The van der Waals surface area contributed by atoms with Crippen LogP contribution in [0.1, 0.15) is 66.8 Å². The maximum Gasteiger partial charge on any atom is 0.416 e. The van der Waals surface area contributed by atoms with E-state index in [0.717, 1.165) is 162 Å². The van der Waals surface area contributed by atoms with Crippen LogP contribution in [0.15, 0.2) is 255 Å². The molecule has 116 heavy (non-hydrogen) atoms. The number of aryl methyl sites for hydroxylation is 8. The van der Waals surface area contributed by atoms with Crippen LogP contribution in [0, 0.1) is 68.5 Å². The molecular formula is C98H66F12N6. The molecule has 572 valence electrons. The zero-order chi connectivity index (χ0) is 81.7. The number of rotatable bonds is 8. The van der Waals surface area contributed by atoms with Crippen LogP contribution in [0.25, 0.3) is 164 Å². The predicted octanol–water partition coefficient (Wildman–Crippen LogP) is 30.1. The minimum atomic E-state index is -5.02. The molecule has 0 N–H and O–H groups in total. The van der Waals surface area contributed by atoms with Gasteiger partial charge in [-0.1, -0.05) is 140 Å². The molecule has 18 heteroatoms. The second-order valence-electron chi connectivity index (χ2n) is 30.2. The molecule has 0 aliphatic heterocycles. The number of aromatic nitrogens is 4. The van der Waals surface area contributed by atoms with Gasteiger partial charge < -0.3 is 18.3 Å². The molecule has 4 heterocycles. The summed E-state index contributed by atoms with van der Waals surface area (Å²) in [7, 11) is 0. The Hall–Kier alpha value is -13.6. The van der Waals surface area contributed by atoms with E-state index in [1.165, 1.54) is 0 Å². The van der Waals surface area contributed by atoms with E-state index in [1.807, 2.05) is 151 Å². The van der Waals surface area contributed by atoms with Gasteiger partial charge >= 0.3 is 24.7 Å². The van der Waals surface area contributed by atoms with E-state index in [4.69, 9.17) is 13.1 Å². The molecule has 4 aromatic heterocycles. The zero-order valence-electron chi connectivity index (χ0n) is 63.5. The summed E-state index contributed by atoms with van der Waals surface area (Å²) in [5, 5.41) is 7.85. The van der Waals surface area contributed by atoms with Gasteiger partial charge in [-0.05, 0) is 243 Å². The van der Waals surface area contributed by atoms with Gasteiger partial charge in [-0.3, -0.25) is 0 Å². The van der Waals surface area contributed by atoms with Crippen molar-refractivity contribution in [3.8, 4) is 67.3 Å². The Bertz CT molecular complexity index is 6980. The van der Waals surface area contributed by atoms with Crippen LogP contribution in [-0.4, -0.2) is 18.3 Å². The summed E-state index contributed by atoms with van der Waals surface area (Å²) in [5.41, 5.74) is 15.3. The molecule has 18 rings (SSSR count). The fourth-order valence-electron chi connectivity index (χ4n) is 16.5. The lowest BCUT2D eigenvalue weighted by Crippen LogP contribution is -2.11. The highest BCUT2D eigenvalue weighted by atomic mass is 19.4. The summed E-state index contributed by atoms with van der Waals surface area (Å²) in [6, 6.07) is 73.6. The quantitative estimate of drug-likeness (QED) is 0.107. The van der Waals surface area contributed by atoms with Crippen molar-refractivity contribution in [2.45, 2.75) is 80.1 Å². The molecule has 18 aromatic rings. The molecular weight excluding hydrogens is 1490 g/mol. The minimum absolute atomic E-state index is 0.147. The average molecular weight is 1560 g/mol. The Kier molecular flexibility index (Phi) is 17.9. The Morgan fingerprint density at radius 1 is 0.207 bits per heavy atom. The lowest BCUT2D eigenvalue weighted by atomic mass is 9.94. The fourth-order valence-corrected chi connectivity index (χ4v) is 16.5. The molecule has 0 saturated carbocycles. The molecule has 0 spiro atoms. The minimum Gasteiger partial charge on any atom is -0.310 e. The van der Waals surface area contributed by atoms with E-state index < -0.39 is 47.0 Å². The van der Waals surface area contributed by atoms with E-state index >= 15 is 0 Å². The van der Waals surface area contributed by atoms with Crippen LogP contribution in [-0.2, 0) is 24.7 Å². The second kappa shape index (κ2) is 27.6. The SMILES string of the molecule is [C-]#[N+]c1ccc(-c2ccc(-c3cc(C(F)(F)F)cc(C(F)(F)F)c3)cc2-n2c3cc(C)ccc3c3ccc(C)cc32)c(-n2c3cc(C)ccc3c3ccc(C)cc32)c1.[C-]#[N+]c1ccc(-n2c3cc(C)ccc3c3ccc(C)cc32)c(-c2ccc(-c3cc(C(F)(F)F)cc(C(F)(F)F)c3)cc2-n2c3cc(C)ccc3c3ccc(C)cc32)c1. The van der Waals surface area contributed by atoms with Gasteiger partial charge in [0.2, 0.25) is 0 Å². The zero-order valence-corrected chi connectivity index (χ0v) is 63.5. The topological polar surface area (TPSA) is 28.4 Å². The van der Waals surface area contributed by atoms with E-state index in [2.05, 4.69) is 96.2 Å². The van der Waals surface area contributed by atoms with Crippen LogP contribution in [0.4, 0.5) is 64.1 Å². The lowest BCUT2D eigenvalue weighted by Gasteiger charge is -2.21. The number of halogens is 12. The summed E-state index contributed by atoms with van der Waals surface area (Å²) in [6.45, 7) is 32.0. The first kappa shape index (κ1) is 75.1. The van der Waals surface area contributed by atoms with Crippen molar-refractivity contribution in [1.29, 1.82) is 0 Å². The molecule has 0 saturated heterocycles. The third-order valence-electron chi connectivity index (χ3n) is 21.9. The summed E-state index contributed by atoms with van der Waals surface area (Å²) < 4.78 is 179. The normalized spacial score (nSPS) is 12.3. The number of benzene rings is 14. The summed E-state index contributed by atoms with van der Waals surface area (Å²) >= 11 is 0. The molecule has 0 aliphatic carbocycles. The number of fused-ring (bicyclic) bond motifs is 12. The Morgan fingerprint density at radius 3 is 0.690 bits per heavy atom. The van der Waals surface area contributed by atoms with Crippen molar-refractivity contribution in [2.24, 2.45) is 0 Å². The first-order chi connectivity index (χ1) is 55.2. The van der Waals surface area contributed by atoms with E-state index in [9.17, 15) is 52.7 Å². The molecule has 0 bridgehead atoms. The molecule has 0 fully saturated rings. The van der Waals surface area contributed by atoms with Crippen LogP contribution in [0.3, 0.4) is 0 Å². The first-order valence-electron chi connectivity index (χ1n) is 37.2. The highest BCUT2D eigenvalue weighted by Gasteiger charge is 2.39. The highest BCUT2D eigenvalue weighted by molar-refractivity contribution is 6.15. The highest BCUT2D eigenvalue weighted by Crippen LogP contribution is 2.50. The van der Waals surface area contributed by atoms with Crippen molar-refractivity contribution >= 4 is 98.6 Å². The van der Waals surface area contributed by atoms with Crippen LogP contribution < -0.4 is 0 Å². The van der Waals surface area contributed by atoms with Gasteiger partial charge in [0.15, 0.2) is 11.4 Å². The summed E-state index contributed by atoms with van der Waals surface area (Å²) in [5.74, 6) is 0. The van der Waals surface area contributed by atoms with Gasteiger partial charge in [-0.25, -0.2) is 9.69 Å². The van der Waals surface area contributed by atoms with Crippen molar-refractivity contribution in [3.05, 3.63) is 344 Å². The summed E-state index contributed by atoms with van der Waals surface area (Å²) in [4.78, 5) is 7.60. The monoisotopic (exact) mass is 1550 g/mol. The van der Waals surface area contributed by atoms with Gasteiger partial charge in [0.25, 0.3) is 0 Å². The van der Waals surface area contributed by atoms with Gasteiger partial charge in [0.1, 0.15) is 0 Å².